The largest absolute Gasteiger partial charge is 0.379 e. The molecule has 1 aliphatic heterocycles. The lowest BCUT2D eigenvalue weighted by atomic mass is 10.0. The fourth-order valence-electron chi connectivity index (χ4n) is 2.10. The van der Waals surface area contributed by atoms with Gasteiger partial charge in [-0.1, -0.05) is 6.92 Å². The van der Waals surface area contributed by atoms with Crippen molar-refractivity contribution in [1.82, 2.24) is 15.1 Å². The number of hydrogen-bond donors (Lipinski definition) is 1. The Morgan fingerprint density at radius 1 is 1.67 bits per heavy atom. The maximum atomic E-state index is 5.52. The lowest BCUT2D eigenvalue weighted by Gasteiger charge is -2.32. The molecule has 0 bridgehead atoms. The molecule has 15 heavy (non-hydrogen) atoms. The first-order chi connectivity index (χ1) is 7.31. The molecule has 2 atom stereocenters. The summed E-state index contributed by atoms with van der Waals surface area (Å²) in [5.41, 5.74) is 1.20. The summed E-state index contributed by atoms with van der Waals surface area (Å²) in [5, 5.41) is 7.87. The Hall–Kier alpha value is -0.870. The third-order valence-electron chi connectivity index (χ3n) is 2.86. The molecule has 2 rings (SSSR count). The molecule has 1 aliphatic rings. The van der Waals surface area contributed by atoms with Crippen molar-refractivity contribution < 1.29 is 4.74 Å². The summed E-state index contributed by atoms with van der Waals surface area (Å²) in [6, 6.07) is 0.829. The number of nitrogens with zero attached hydrogens (tertiary/aromatic N) is 2. The van der Waals surface area contributed by atoms with Crippen LogP contribution in [0.1, 0.15) is 24.9 Å². The van der Waals surface area contributed by atoms with Crippen molar-refractivity contribution in [1.29, 1.82) is 0 Å². The molecule has 4 heteroatoms. The fourth-order valence-corrected chi connectivity index (χ4v) is 2.10. The van der Waals surface area contributed by atoms with E-state index in [9.17, 15) is 0 Å². The Balaban J connectivity index is 2.10. The summed E-state index contributed by atoms with van der Waals surface area (Å²) in [6.45, 7) is 6.82. The quantitative estimate of drug-likeness (QED) is 0.811. The Kier molecular flexibility index (Phi) is 3.38. The number of nitrogens with one attached hydrogen (secondary N) is 1. The predicted molar refractivity (Wildman–Crippen MR) is 58.9 cm³/mol. The molecule has 0 saturated carbocycles. The average Bonchev–Trinajstić information content (AvgIpc) is 2.66. The normalized spacial score (nSPS) is 26.8. The van der Waals surface area contributed by atoms with Crippen LogP contribution in [0.3, 0.4) is 0 Å². The number of aromatic nitrogens is 2. The number of likely N-dealkylation sites (N-methyl/N-ethyl adjacent to an activating group) is 1. The third-order valence-corrected chi connectivity index (χ3v) is 2.86. The zero-order chi connectivity index (χ0) is 10.7. The van der Waals surface area contributed by atoms with Gasteiger partial charge in [-0.3, -0.25) is 4.68 Å². The molecule has 1 saturated heterocycles. The maximum absolute atomic E-state index is 5.52. The summed E-state index contributed by atoms with van der Waals surface area (Å²) in [5.74, 6) is 0. The second-order valence-electron chi connectivity index (χ2n) is 4.09. The Labute approximate surface area is 90.6 Å². The van der Waals surface area contributed by atoms with Crippen molar-refractivity contribution in [3.05, 3.63) is 18.0 Å². The lowest BCUT2D eigenvalue weighted by Crippen LogP contribution is -2.43. The van der Waals surface area contributed by atoms with E-state index in [2.05, 4.69) is 30.5 Å². The van der Waals surface area contributed by atoms with Crippen LogP contribution in [0.4, 0.5) is 0 Å². The average molecular weight is 209 g/mol. The monoisotopic (exact) mass is 209 g/mol. The van der Waals surface area contributed by atoms with Crippen LogP contribution < -0.4 is 5.32 Å². The van der Waals surface area contributed by atoms with E-state index in [4.69, 9.17) is 4.74 Å². The first-order valence-corrected chi connectivity index (χ1v) is 5.63. The number of hydrogen-bond acceptors (Lipinski definition) is 3. The van der Waals surface area contributed by atoms with Gasteiger partial charge in [0.05, 0.1) is 18.8 Å². The van der Waals surface area contributed by atoms with Crippen molar-refractivity contribution in [3.63, 3.8) is 0 Å². The zero-order valence-electron chi connectivity index (χ0n) is 9.44. The van der Waals surface area contributed by atoms with Crippen LogP contribution in [0.25, 0.3) is 0 Å². The third kappa shape index (κ3) is 2.38. The summed E-state index contributed by atoms with van der Waals surface area (Å²) in [7, 11) is 0. The van der Waals surface area contributed by atoms with Gasteiger partial charge in [-0.25, -0.2) is 0 Å². The SMILES string of the molecule is CCNC1CCOCC1n1cc(C)cn1. The minimum absolute atomic E-state index is 0.340. The maximum Gasteiger partial charge on any atom is 0.0906 e. The van der Waals surface area contributed by atoms with Crippen molar-refractivity contribution in [2.45, 2.75) is 32.4 Å². The molecule has 2 heterocycles. The second kappa shape index (κ2) is 4.77. The van der Waals surface area contributed by atoms with Crippen molar-refractivity contribution >= 4 is 0 Å². The van der Waals surface area contributed by atoms with Gasteiger partial charge in [0.15, 0.2) is 0 Å². The molecule has 0 amide bonds. The van der Waals surface area contributed by atoms with Gasteiger partial charge in [0, 0.05) is 18.8 Å². The highest BCUT2D eigenvalue weighted by Gasteiger charge is 2.26. The molecule has 1 N–H and O–H groups in total. The molecule has 0 spiro atoms. The van der Waals surface area contributed by atoms with Gasteiger partial charge in [0.2, 0.25) is 0 Å². The highest BCUT2D eigenvalue weighted by Crippen LogP contribution is 2.19. The van der Waals surface area contributed by atoms with Crippen LogP contribution in [0.15, 0.2) is 12.4 Å². The van der Waals surface area contributed by atoms with Gasteiger partial charge >= 0.3 is 0 Å². The molecule has 0 aromatic carbocycles. The molecule has 4 nitrogen and oxygen atoms in total. The Morgan fingerprint density at radius 2 is 2.53 bits per heavy atom. The summed E-state index contributed by atoms with van der Waals surface area (Å²) in [6.07, 6.45) is 5.05. The second-order valence-corrected chi connectivity index (χ2v) is 4.09. The molecule has 1 fully saturated rings. The fraction of sp³-hybridized carbons (Fsp3) is 0.727. The summed E-state index contributed by atoms with van der Waals surface area (Å²) < 4.78 is 7.55. The molecule has 0 aliphatic carbocycles. The standard InChI is InChI=1S/C11H19N3O/c1-3-12-10-4-5-15-8-11(10)14-7-9(2)6-13-14/h6-7,10-12H,3-5,8H2,1-2H3. The van der Waals surface area contributed by atoms with E-state index in [1.165, 1.54) is 5.56 Å². The highest BCUT2D eigenvalue weighted by atomic mass is 16.5. The van der Waals surface area contributed by atoms with Crippen molar-refractivity contribution in [2.24, 2.45) is 0 Å². The summed E-state index contributed by atoms with van der Waals surface area (Å²) >= 11 is 0. The van der Waals surface area contributed by atoms with E-state index in [1.807, 2.05) is 10.9 Å². The van der Waals surface area contributed by atoms with Crippen LogP contribution in [0.2, 0.25) is 0 Å². The van der Waals surface area contributed by atoms with Gasteiger partial charge in [-0.2, -0.15) is 5.10 Å². The van der Waals surface area contributed by atoms with Gasteiger partial charge in [0.1, 0.15) is 0 Å². The van der Waals surface area contributed by atoms with Gasteiger partial charge in [-0.15, -0.1) is 0 Å². The molecule has 84 valence electrons. The number of ether oxygens (including phenoxy) is 1. The highest BCUT2D eigenvalue weighted by molar-refractivity contribution is 5.01. The van der Waals surface area contributed by atoms with E-state index in [0.29, 0.717) is 12.1 Å². The van der Waals surface area contributed by atoms with Crippen LogP contribution in [0.5, 0.6) is 0 Å². The van der Waals surface area contributed by atoms with E-state index >= 15 is 0 Å². The summed E-state index contributed by atoms with van der Waals surface area (Å²) in [4.78, 5) is 0. The van der Waals surface area contributed by atoms with Crippen LogP contribution in [-0.4, -0.2) is 35.6 Å². The minimum atomic E-state index is 0.340. The zero-order valence-corrected chi connectivity index (χ0v) is 9.44. The smallest absolute Gasteiger partial charge is 0.0906 e. The minimum Gasteiger partial charge on any atom is -0.379 e. The van der Waals surface area contributed by atoms with Crippen LogP contribution in [-0.2, 0) is 4.74 Å². The lowest BCUT2D eigenvalue weighted by molar-refractivity contribution is 0.0331. The van der Waals surface area contributed by atoms with Crippen molar-refractivity contribution in [2.75, 3.05) is 19.8 Å². The topological polar surface area (TPSA) is 39.1 Å². The van der Waals surface area contributed by atoms with Crippen molar-refractivity contribution in [3.8, 4) is 0 Å². The molecule has 1 aromatic rings. The predicted octanol–water partition coefficient (Wildman–Crippen LogP) is 1.13. The number of aryl methyl sites for hydroxylation is 1. The number of rotatable bonds is 3. The molecule has 1 aromatic heterocycles. The van der Waals surface area contributed by atoms with E-state index in [0.717, 1.165) is 26.2 Å². The first kappa shape index (κ1) is 10.6. The molecular weight excluding hydrogens is 190 g/mol. The molecule has 2 unspecified atom stereocenters. The van der Waals surface area contributed by atoms with Gasteiger partial charge in [0.25, 0.3) is 0 Å². The van der Waals surface area contributed by atoms with E-state index in [-0.39, 0.29) is 0 Å². The van der Waals surface area contributed by atoms with Crippen LogP contribution in [0, 0.1) is 6.92 Å². The Bertz CT molecular complexity index is 309. The molecule has 0 radical (unpaired) electrons. The molecular formula is C11H19N3O. The Morgan fingerprint density at radius 3 is 3.20 bits per heavy atom. The van der Waals surface area contributed by atoms with E-state index < -0.39 is 0 Å². The van der Waals surface area contributed by atoms with Crippen LogP contribution >= 0.6 is 0 Å². The first-order valence-electron chi connectivity index (χ1n) is 5.63. The van der Waals surface area contributed by atoms with E-state index in [1.54, 1.807) is 0 Å². The van der Waals surface area contributed by atoms with Gasteiger partial charge in [-0.05, 0) is 25.5 Å². The van der Waals surface area contributed by atoms with Gasteiger partial charge < -0.3 is 10.1 Å².